The molecule has 22 heavy (non-hydrogen) atoms. The van der Waals surface area contributed by atoms with Crippen LogP contribution in [0, 0.1) is 5.92 Å². The van der Waals surface area contributed by atoms with Crippen molar-refractivity contribution in [3.05, 3.63) is 35.4 Å². The van der Waals surface area contributed by atoms with E-state index < -0.39 is 5.97 Å². The minimum atomic E-state index is -0.650. The number of rotatable bonds is 4. The molecular formula is C17H23N3O2. The van der Waals surface area contributed by atoms with Crippen LogP contribution in [-0.4, -0.2) is 48.0 Å². The summed E-state index contributed by atoms with van der Waals surface area (Å²) in [5, 5.41) is 12.4. The first-order valence-corrected chi connectivity index (χ1v) is 8.05. The van der Waals surface area contributed by atoms with E-state index in [0.29, 0.717) is 0 Å². The average molecular weight is 301 g/mol. The van der Waals surface area contributed by atoms with Gasteiger partial charge in [0.15, 0.2) is 0 Å². The van der Waals surface area contributed by atoms with E-state index in [9.17, 15) is 4.79 Å². The van der Waals surface area contributed by atoms with Crippen LogP contribution < -0.4 is 5.32 Å². The van der Waals surface area contributed by atoms with Crippen LogP contribution in [0.1, 0.15) is 30.4 Å². The Labute approximate surface area is 131 Å². The second-order valence-electron chi connectivity index (χ2n) is 6.10. The summed E-state index contributed by atoms with van der Waals surface area (Å²) < 4.78 is 0. The molecule has 1 fully saturated rings. The zero-order chi connectivity index (χ0) is 15.4. The summed E-state index contributed by atoms with van der Waals surface area (Å²) in [7, 11) is 0. The second kappa shape index (κ2) is 6.92. The van der Waals surface area contributed by atoms with Crippen molar-refractivity contribution in [3.8, 4) is 0 Å². The molecule has 5 heteroatoms. The molecule has 2 aliphatic heterocycles. The van der Waals surface area contributed by atoms with E-state index in [4.69, 9.17) is 5.11 Å². The highest BCUT2D eigenvalue weighted by Crippen LogP contribution is 2.19. The topological polar surface area (TPSA) is 64.9 Å². The number of benzene rings is 1. The summed E-state index contributed by atoms with van der Waals surface area (Å²) in [4.78, 5) is 17.9. The number of aliphatic imine (C=N–C) groups is 1. The lowest BCUT2D eigenvalue weighted by atomic mass is 9.96. The smallest absolute Gasteiger partial charge is 0.306 e. The van der Waals surface area contributed by atoms with E-state index in [1.807, 2.05) is 0 Å². The normalized spacial score (nSPS) is 20.3. The van der Waals surface area contributed by atoms with Gasteiger partial charge in [-0.15, -0.1) is 0 Å². The largest absolute Gasteiger partial charge is 0.481 e. The molecule has 0 unspecified atom stereocenters. The molecule has 2 aliphatic rings. The molecule has 2 N–H and O–H groups in total. The standard InChI is InChI=1S/C17H23N3O2/c21-17(22)14-5-9-20(10-6-14)12-13-3-1-4-15(11-13)16-18-7-2-8-19-16/h1,3-4,11,14H,2,5-10,12H2,(H,18,19)(H,21,22). The van der Waals surface area contributed by atoms with Crippen LogP contribution in [0.3, 0.4) is 0 Å². The maximum atomic E-state index is 11.0. The Balaban J connectivity index is 1.61. The van der Waals surface area contributed by atoms with Crippen LogP contribution in [0.2, 0.25) is 0 Å². The van der Waals surface area contributed by atoms with Gasteiger partial charge in [-0.05, 0) is 44.0 Å². The minimum Gasteiger partial charge on any atom is -0.481 e. The third kappa shape index (κ3) is 3.65. The number of piperidine rings is 1. The molecule has 5 nitrogen and oxygen atoms in total. The van der Waals surface area contributed by atoms with Crippen molar-refractivity contribution < 1.29 is 9.90 Å². The van der Waals surface area contributed by atoms with Gasteiger partial charge in [-0.3, -0.25) is 14.7 Å². The van der Waals surface area contributed by atoms with E-state index in [1.54, 1.807) is 0 Å². The molecule has 0 radical (unpaired) electrons. The number of nitrogens with zero attached hydrogens (tertiary/aromatic N) is 2. The number of aliphatic carboxylic acids is 1. The van der Waals surface area contributed by atoms with Crippen LogP contribution in [0.15, 0.2) is 29.3 Å². The number of carboxylic acids is 1. The highest BCUT2D eigenvalue weighted by atomic mass is 16.4. The molecule has 0 aromatic heterocycles. The predicted octanol–water partition coefficient (Wildman–Crippen LogP) is 1.72. The molecule has 1 aromatic carbocycles. The third-order valence-electron chi connectivity index (χ3n) is 4.44. The zero-order valence-electron chi connectivity index (χ0n) is 12.8. The quantitative estimate of drug-likeness (QED) is 0.889. The maximum absolute atomic E-state index is 11.0. The number of nitrogens with one attached hydrogen (secondary N) is 1. The van der Waals surface area contributed by atoms with Gasteiger partial charge in [0, 0.05) is 25.2 Å². The Bertz CT molecular complexity index is 563. The minimum absolute atomic E-state index is 0.164. The SMILES string of the molecule is O=C(O)C1CCN(Cc2cccc(C3=NCCCN3)c2)CC1. The summed E-state index contributed by atoms with van der Waals surface area (Å²) in [6.07, 6.45) is 2.61. The van der Waals surface area contributed by atoms with Crippen LogP contribution >= 0.6 is 0 Å². The molecule has 0 atom stereocenters. The fourth-order valence-electron chi connectivity index (χ4n) is 3.14. The van der Waals surface area contributed by atoms with E-state index >= 15 is 0 Å². The van der Waals surface area contributed by atoms with Gasteiger partial charge in [0.1, 0.15) is 5.84 Å². The van der Waals surface area contributed by atoms with E-state index in [-0.39, 0.29) is 5.92 Å². The Kier molecular flexibility index (Phi) is 4.73. The van der Waals surface area contributed by atoms with Crippen molar-refractivity contribution >= 4 is 11.8 Å². The Morgan fingerprint density at radius 3 is 2.86 bits per heavy atom. The van der Waals surface area contributed by atoms with Gasteiger partial charge < -0.3 is 10.4 Å². The summed E-state index contributed by atoms with van der Waals surface area (Å²) in [5.41, 5.74) is 2.42. The fourth-order valence-corrected chi connectivity index (χ4v) is 3.14. The lowest BCUT2D eigenvalue weighted by Gasteiger charge is -2.30. The van der Waals surface area contributed by atoms with E-state index in [2.05, 4.69) is 39.5 Å². The molecule has 2 heterocycles. The summed E-state index contributed by atoms with van der Waals surface area (Å²) in [6, 6.07) is 8.50. The van der Waals surface area contributed by atoms with E-state index in [0.717, 1.165) is 63.4 Å². The highest BCUT2D eigenvalue weighted by Gasteiger charge is 2.24. The number of hydrogen-bond acceptors (Lipinski definition) is 4. The van der Waals surface area contributed by atoms with E-state index in [1.165, 1.54) is 5.56 Å². The Morgan fingerprint density at radius 2 is 2.18 bits per heavy atom. The van der Waals surface area contributed by atoms with Crippen molar-refractivity contribution in [2.24, 2.45) is 10.9 Å². The summed E-state index contributed by atoms with van der Waals surface area (Å²) >= 11 is 0. The molecule has 0 amide bonds. The zero-order valence-corrected chi connectivity index (χ0v) is 12.8. The Morgan fingerprint density at radius 1 is 1.36 bits per heavy atom. The first-order valence-electron chi connectivity index (χ1n) is 8.05. The average Bonchev–Trinajstić information content (AvgIpc) is 2.56. The predicted molar refractivity (Wildman–Crippen MR) is 86.1 cm³/mol. The maximum Gasteiger partial charge on any atom is 0.306 e. The van der Waals surface area contributed by atoms with Crippen LogP contribution in [0.25, 0.3) is 0 Å². The van der Waals surface area contributed by atoms with Gasteiger partial charge in [0.2, 0.25) is 0 Å². The van der Waals surface area contributed by atoms with Gasteiger partial charge in [-0.1, -0.05) is 18.2 Å². The molecule has 0 saturated carbocycles. The number of amidine groups is 1. The number of carbonyl (C=O) groups is 1. The van der Waals surface area contributed by atoms with Crippen molar-refractivity contribution in [3.63, 3.8) is 0 Å². The first-order chi connectivity index (χ1) is 10.7. The van der Waals surface area contributed by atoms with Gasteiger partial charge in [-0.25, -0.2) is 0 Å². The first kappa shape index (κ1) is 15.0. The molecule has 1 aromatic rings. The van der Waals surface area contributed by atoms with Crippen molar-refractivity contribution in [2.45, 2.75) is 25.8 Å². The third-order valence-corrected chi connectivity index (χ3v) is 4.44. The Hall–Kier alpha value is -1.88. The molecule has 0 bridgehead atoms. The highest BCUT2D eigenvalue weighted by molar-refractivity contribution is 5.99. The van der Waals surface area contributed by atoms with Crippen molar-refractivity contribution in [2.75, 3.05) is 26.2 Å². The fraction of sp³-hybridized carbons (Fsp3) is 0.529. The van der Waals surface area contributed by atoms with Crippen molar-refractivity contribution in [1.29, 1.82) is 0 Å². The van der Waals surface area contributed by atoms with Gasteiger partial charge >= 0.3 is 5.97 Å². The van der Waals surface area contributed by atoms with Crippen LogP contribution in [0.4, 0.5) is 0 Å². The second-order valence-corrected chi connectivity index (χ2v) is 6.10. The number of carboxylic acid groups (broad SMARTS) is 1. The van der Waals surface area contributed by atoms with Gasteiger partial charge in [0.25, 0.3) is 0 Å². The molecule has 0 spiro atoms. The van der Waals surface area contributed by atoms with Crippen molar-refractivity contribution in [1.82, 2.24) is 10.2 Å². The molecular weight excluding hydrogens is 278 g/mol. The molecule has 0 aliphatic carbocycles. The lowest BCUT2D eigenvalue weighted by Crippen LogP contribution is -2.36. The molecule has 118 valence electrons. The lowest BCUT2D eigenvalue weighted by molar-refractivity contribution is -0.143. The number of hydrogen-bond donors (Lipinski definition) is 2. The van der Waals surface area contributed by atoms with Crippen LogP contribution in [0.5, 0.6) is 0 Å². The molecule has 1 saturated heterocycles. The summed E-state index contributed by atoms with van der Waals surface area (Å²) in [6.45, 7) is 4.50. The van der Waals surface area contributed by atoms with Gasteiger partial charge in [-0.2, -0.15) is 0 Å². The molecule has 3 rings (SSSR count). The number of likely N-dealkylation sites (tertiary alicyclic amines) is 1. The van der Waals surface area contributed by atoms with Gasteiger partial charge in [0.05, 0.1) is 5.92 Å². The monoisotopic (exact) mass is 301 g/mol. The summed E-state index contributed by atoms with van der Waals surface area (Å²) in [5.74, 6) is 0.184. The van der Waals surface area contributed by atoms with Crippen LogP contribution in [-0.2, 0) is 11.3 Å².